The van der Waals surface area contributed by atoms with Gasteiger partial charge in [-0.2, -0.15) is 0 Å². The van der Waals surface area contributed by atoms with Gasteiger partial charge in [-0.25, -0.2) is 0 Å². The molecule has 0 aromatic heterocycles. The molecule has 0 saturated carbocycles. The summed E-state index contributed by atoms with van der Waals surface area (Å²) in [6.45, 7) is 7.27. The fraction of sp³-hybridized carbons (Fsp3) is 0.333. The van der Waals surface area contributed by atoms with Crippen LogP contribution in [0.2, 0.25) is 0 Å². The first kappa shape index (κ1) is 13.3. The molecule has 0 amide bonds. The Hall–Kier alpha value is -2.10. The molecule has 0 radical (unpaired) electrons. The van der Waals surface area contributed by atoms with Gasteiger partial charge in [-0.05, 0) is 12.5 Å². The zero-order valence-electron chi connectivity index (χ0n) is 11.2. The summed E-state index contributed by atoms with van der Waals surface area (Å²) in [5, 5.41) is 0. The summed E-state index contributed by atoms with van der Waals surface area (Å²) in [6.07, 6.45) is 1.57. The zero-order chi connectivity index (χ0) is 14.2. The third-order valence-electron chi connectivity index (χ3n) is 3.70. The van der Waals surface area contributed by atoms with Gasteiger partial charge in [-0.3, -0.25) is 9.59 Å². The van der Waals surface area contributed by atoms with Crippen molar-refractivity contribution in [3.05, 3.63) is 42.0 Å². The van der Waals surface area contributed by atoms with Crippen molar-refractivity contribution in [3.63, 3.8) is 0 Å². The number of methoxy groups -OCH3 is 1. The van der Waals surface area contributed by atoms with Crippen molar-refractivity contribution in [2.45, 2.75) is 19.3 Å². The van der Waals surface area contributed by atoms with E-state index in [0.29, 0.717) is 11.3 Å². The molecular formula is C15H16O4. The molecule has 1 aromatic rings. The standard InChI is InChI=1S/C15H16O4/c1-5-10(3)15(13(16)18-4)11-8-6-7-9(2)12(11)19-14(15)17/h5-8,10H,1H2,2-4H3. The number of carbonyl (C=O) groups is 2. The number of para-hydroxylation sites is 1. The van der Waals surface area contributed by atoms with E-state index >= 15 is 0 Å². The first-order valence-electron chi connectivity index (χ1n) is 6.03. The number of rotatable bonds is 3. The van der Waals surface area contributed by atoms with Crippen LogP contribution in [0.5, 0.6) is 5.75 Å². The van der Waals surface area contributed by atoms with E-state index in [4.69, 9.17) is 9.47 Å². The van der Waals surface area contributed by atoms with Crippen LogP contribution in [0.4, 0.5) is 0 Å². The van der Waals surface area contributed by atoms with E-state index in [9.17, 15) is 9.59 Å². The minimum absolute atomic E-state index is 0.421. The highest BCUT2D eigenvalue weighted by Gasteiger charge is 2.59. The first-order valence-corrected chi connectivity index (χ1v) is 6.03. The fourth-order valence-corrected chi connectivity index (χ4v) is 2.53. The van der Waals surface area contributed by atoms with Crippen molar-refractivity contribution in [1.82, 2.24) is 0 Å². The predicted octanol–water partition coefficient (Wildman–Crippen LogP) is 2.15. The molecule has 1 aromatic carbocycles. The summed E-state index contributed by atoms with van der Waals surface area (Å²) in [5.74, 6) is -1.19. The first-order chi connectivity index (χ1) is 8.99. The van der Waals surface area contributed by atoms with E-state index in [1.165, 1.54) is 7.11 Å². The number of hydrogen-bond donors (Lipinski definition) is 0. The van der Waals surface area contributed by atoms with Gasteiger partial charge < -0.3 is 9.47 Å². The molecule has 4 heteroatoms. The SMILES string of the molecule is C=CC(C)C1(C(=O)OC)C(=O)Oc2c(C)cccc21. The molecule has 1 aliphatic heterocycles. The molecule has 0 aliphatic carbocycles. The summed E-state index contributed by atoms with van der Waals surface area (Å²) >= 11 is 0. The second kappa shape index (κ2) is 4.53. The van der Waals surface area contributed by atoms with Crippen LogP contribution in [-0.4, -0.2) is 19.0 Å². The van der Waals surface area contributed by atoms with E-state index in [1.807, 2.05) is 13.0 Å². The molecule has 0 bridgehead atoms. The van der Waals surface area contributed by atoms with Crippen LogP contribution in [0, 0.1) is 12.8 Å². The molecule has 0 saturated heterocycles. The van der Waals surface area contributed by atoms with Crippen LogP contribution in [-0.2, 0) is 19.7 Å². The zero-order valence-corrected chi connectivity index (χ0v) is 11.2. The van der Waals surface area contributed by atoms with Crippen molar-refractivity contribution in [3.8, 4) is 5.75 Å². The van der Waals surface area contributed by atoms with Crippen molar-refractivity contribution < 1.29 is 19.1 Å². The van der Waals surface area contributed by atoms with Gasteiger partial charge in [-0.15, -0.1) is 6.58 Å². The molecule has 1 aliphatic rings. The molecule has 100 valence electrons. The van der Waals surface area contributed by atoms with Gasteiger partial charge >= 0.3 is 11.9 Å². The van der Waals surface area contributed by atoms with E-state index in [-0.39, 0.29) is 0 Å². The summed E-state index contributed by atoms with van der Waals surface area (Å²) in [5.41, 5.74) is -0.0812. The Morgan fingerprint density at radius 3 is 2.79 bits per heavy atom. The maximum atomic E-state index is 12.3. The molecule has 1 heterocycles. The second-order valence-corrected chi connectivity index (χ2v) is 4.67. The van der Waals surface area contributed by atoms with Crippen molar-refractivity contribution in [2.75, 3.05) is 7.11 Å². The second-order valence-electron chi connectivity index (χ2n) is 4.67. The smallest absolute Gasteiger partial charge is 0.334 e. The Bertz CT molecular complexity index is 561. The van der Waals surface area contributed by atoms with E-state index in [0.717, 1.165) is 5.56 Å². The summed E-state index contributed by atoms with van der Waals surface area (Å²) < 4.78 is 10.2. The minimum atomic E-state index is -1.45. The fourth-order valence-electron chi connectivity index (χ4n) is 2.53. The average Bonchev–Trinajstić information content (AvgIpc) is 2.72. The predicted molar refractivity (Wildman–Crippen MR) is 69.9 cm³/mol. The monoisotopic (exact) mass is 260 g/mol. The molecular weight excluding hydrogens is 244 g/mol. The quantitative estimate of drug-likeness (QED) is 0.361. The maximum absolute atomic E-state index is 12.3. The lowest BCUT2D eigenvalue weighted by Crippen LogP contribution is -2.47. The minimum Gasteiger partial charge on any atom is -0.468 e. The van der Waals surface area contributed by atoms with Gasteiger partial charge in [0.1, 0.15) is 5.75 Å². The lowest BCUT2D eigenvalue weighted by molar-refractivity contribution is -0.158. The number of aryl methyl sites for hydroxylation is 1. The number of hydrogen-bond acceptors (Lipinski definition) is 4. The van der Waals surface area contributed by atoms with E-state index in [2.05, 4.69) is 6.58 Å². The van der Waals surface area contributed by atoms with Gasteiger partial charge in [-0.1, -0.05) is 31.2 Å². The van der Waals surface area contributed by atoms with Crippen LogP contribution < -0.4 is 4.74 Å². The molecule has 0 spiro atoms. The lowest BCUT2D eigenvalue weighted by Gasteiger charge is -2.27. The third kappa shape index (κ3) is 1.59. The summed E-state index contributed by atoms with van der Waals surface area (Å²) in [7, 11) is 1.26. The largest absolute Gasteiger partial charge is 0.468 e. The summed E-state index contributed by atoms with van der Waals surface area (Å²) in [4.78, 5) is 24.6. The van der Waals surface area contributed by atoms with Crippen LogP contribution in [0.1, 0.15) is 18.1 Å². The molecule has 2 rings (SSSR count). The number of ether oxygens (including phenoxy) is 2. The van der Waals surface area contributed by atoms with Gasteiger partial charge in [0, 0.05) is 11.5 Å². The van der Waals surface area contributed by atoms with Crippen LogP contribution >= 0.6 is 0 Å². The average molecular weight is 260 g/mol. The van der Waals surface area contributed by atoms with Crippen LogP contribution in [0.3, 0.4) is 0 Å². The number of allylic oxidation sites excluding steroid dienone is 1. The van der Waals surface area contributed by atoms with E-state index < -0.39 is 23.3 Å². The number of benzene rings is 1. The van der Waals surface area contributed by atoms with Crippen LogP contribution in [0.25, 0.3) is 0 Å². The van der Waals surface area contributed by atoms with Crippen LogP contribution in [0.15, 0.2) is 30.9 Å². The van der Waals surface area contributed by atoms with Gasteiger partial charge in [0.05, 0.1) is 7.11 Å². The Kier molecular flexibility index (Phi) is 3.18. The Balaban J connectivity index is 2.76. The molecule has 2 unspecified atom stereocenters. The molecule has 19 heavy (non-hydrogen) atoms. The van der Waals surface area contributed by atoms with Gasteiger partial charge in [0.15, 0.2) is 5.41 Å². The van der Waals surface area contributed by atoms with Gasteiger partial charge in [0.25, 0.3) is 0 Å². The Morgan fingerprint density at radius 2 is 2.21 bits per heavy atom. The third-order valence-corrected chi connectivity index (χ3v) is 3.70. The van der Waals surface area contributed by atoms with Crippen molar-refractivity contribution in [2.24, 2.45) is 5.92 Å². The van der Waals surface area contributed by atoms with E-state index in [1.54, 1.807) is 25.1 Å². The van der Waals surface area contributed by atoms with Crippen molar-refractivity contribution >= 4 is 11.9 Å². The maximum Gasteiger partial charge on any atom is 0.334 e. The molecule has 2 atom stereocenters. The molecule has 4 nitrogen and oxygen atoms in total. The highest BCUT2D eigenvalue weighted by atomic mass is 16.6. The summed E-state index contributed by atoms with van der Waals surface area (Å²) in [6, 6.07) is 5.35. The number of esters is 2. The normalized spacial score (nSPS) is 22.4. The van der Waals surface area contributed by atoms with Gasteiger partial charge in [0.2, 0.25) is 0 Å². The Labute approximate surface area is 112 Å². The molecule has 0 fully saturated rings. The Morgan fingerprint density at radius 1 is 1.53 bits per heavy atom. The van der Waals surface area contributed by atoms with Crippen molar-refractivity contribution in [1.29, 1.82) is 0 Å². The lowest BCUT2D eigenvalue weighted by atomic mass is 9.71. The highest BCUT2D eigenvalue weighted by molar-refractivity contribution is 6.11. The topological polar surface area (TPSA) is 52.6 Å². The highest BCUT2D eigenvalue weighted by Crippen LogP contribution is 2.47. The molecule has 0 N–H and O–H groups in total. The number of fused-ring (bicyclic) bond motifs is 1. The number of carbonyl (C=O) groups excluding carboxylic acids is 2.